The third-order valence-corrected chi connectivity index (χ3v) is 1.92. The van der Waals surface area contributed by atoms with E-state index in [1.54, 1.807) is 0 Å². The topological polar surface area (TPSA) is 99.0 Å². The molecule has 6 heteroatoms. The summed E-state index contributed by atoms with van der Waals surface area (Å²) in [6.45, 7) is 0.792. The Morgan fingerprint density at radius 1 is 1.53 bits per heavy atom. The monoisotopic (exact) mass is 241 g/mol. The summed E-state index contributed by atoms with van der Waals surface area (Å²) in [5.74, 6) is -0.0662. The Kier molecular flexibility index (Phi) is 4.74. The van der Waals surface area contributed by atoms with E-state index in [4.69, 9.17) is 14.9 Å². The number of aromatic hydroxyl groups is 1. The molecular formula is C11H15NO5. The number of aliphatic hydroxyl groups is 2. The average Bonchev–Trinajstić information content (AvgIpc) is 2.28. The van der Waals surface area contributed by atoms with Gasteiger partial charge in [0.05, 0.1) is 12.3 Å². The van der Waals surface area contributed by atoms with E-state index in [-0.39, 0.29) is 24.0 Å². The fourth-order valence-electron chi connectivity index (χ4n) is 1.16. The number of amides is 1. The number of anilines is 1. The first-order chi connectivity index (χ1) is 8.02. The number of carbonyl (C=O) groups is 1. The summed E-state index contributed by atoms with van der Waals surface area (Å²) in [5.41, 5.74) is 0.389. The quantitative estimate of drug-likeness (QED) is 0.547. The van der Waals surface area contributed by atoms with Crippen molar-refractivity contribution >= 4 is 11.6 Å². The van der Waals surface area contributed by atoms with Gasteiger partial charge in [0.25, 0.3) is 0 Å². The van der Waals surface area contributed by atoms with E-state index < -0.39 is 12.7 Å². The molecule has 0 aromatic heterocycles. The predicted molar refractivity (Wildman–Crippen MR) is 61.0 cm³/mol. The molecule has 0 saturated heterocycles. The largest absolute Gasteiger partial charge is 0.508 e. The minimum atomic E-state index is -1.01. The molecule has 0 heterocycles. The van der Waals surface area contributed by atoms with Gasteiger partial charge in [-0.1, -0.05) is 0 Å². The summed E-state index contributed by atoms with van der Waals surface area (Å²) in [6.07, 6.45) is -1.01. The Bertz CT molecular complexity index is 393. The molecule has 4 N–H and O–H groups in total. The number of carbonyl (C=O) groups excluding carboxylic acids is 1. The maximum absolute atomic E-state index is 10.9. The highest BCUT2D eigenvalue weighted by molar-refractivity contribution is 5.90. The highest BCUT2D eigenvalue weighted by Gasteiger charge is 2.09. The first-order valence-corrected chi connectivity index (χ1v) is 5.05. The van der Waals surface area contributed by atoms with Crippen LogP contribution in [0.25, 0.3) is 0 Å². The summed E-state index contributed by atoms with van der Waals surface area (Å²) in [6, 6.07) is 4.20. The third-order valence-electron chi connectivity index (χ3n) is 1.92. The highest BCUT2D eigenvalue weighted by atomic mass is 16.5. The molecule has 1 aromatic carbocycles. The number of benzene rings is 1. The van der Waals surface area contributed by atoms with Gasteiger partial charge in [-0.2, -0.15) is 0 Å². The smallest absolute Gasteiger partial charge is 0.221 e. The second-order valence-electron chi connectivity index (χ2n) is 3.51. The van der Waals surface area contributed by atoms with E-state index in [0.717, 1.165) is 0 Å². The minimum Gasteiger partial charge on any atom is -0.508 e. The van der Waals surface area contributed by atoms with Crippen LogP contribution in [0.3, 0.4) is 0 Å². The van der Waals surface area contributed by atoms with Crippen molar-refractivity contribution in [1.29, 1.82) is 0 Å². The van der Waals surface area contributed by atoms with Crippen LogP contribution in [-0.4, -0.2) is 40.5 Å². The van der Waals surface area contributed by atoms with Gasteiger partial charge in [0.1, 0.15) is 24.2 Å². The number of rotatable bonds is 5. The van der Waals surface area contributed by atoms with Crippen LogP contribution in [0.5, 0.6) is 11.5 Å². The highest BCUT2D eigenvalue weighted by Crippen LogP contribution is 2.28. The number of phenolic OH excluding ortho intramolecular Hbond substituents is 1. The van der Waals surface area contributed by atoms with Crippen molar-refractivity contribution in [1.82, 2.24) is 0 Å². The number of phenols is 1. The molecule has 0 aliphatic heterocycles. The molecule has 0 bridgehead atoms. The molecule has 0 aliphatic carbocycles. The predicted octanol–water partition coefficient (Wildman–Crippen LogP) is 0.0826. The van der Waals surface area contributed by atoms with Gasteiger partial charge in [0.2, 0.25) is 5.91 Å². The van der Waals surface area contributed by atoms with E-state index >= 15 is 0 Å². The zero-order chi connectivity index (χ0) is 12.8. The summed E-state index contributed by atoms with van der Waals surface area (Å²) in [7, 11) is 0. The van der Waals surface area contributed by atoms with Gasteiger partial charge < -0.3 is 25.4 Å². The maximum Gasteiger partial charge on any atom is 0.221 e. The van der Waals surface area contributed by atoms with Crippen LogP contribution >= 0.6 is 0 Å². The zero-order valence-corrected chi connectivity index (χ0v) is 9.38. The van der Waals surface area contributed by atoms with Crippen LogP contribution in [0.4, 0.5) is 5.69 Å². The lowest BCUT2D eigenvalue weighted by Crippen LogP contribution is -2.21. The number of aliphatic hydroxyl groups excluding tert-OH is 2. The molecule has 94 valence electrons. The van der Waals surface area contributed by atoms with Crippen LogP contribution in [0.1, 0.15) is 6.92 Å². The van der Waals surface area contributed by atoms with Crippen LogP contribution in [0.2, 0.25) is 0 Å². The molecule has 0 spiro atoms. The van der Waals surface area contributed by atoms with E-state index in [0.29, 0.717) is 5.69 Å². The van der Waals surface area contributed by atoms with E-state index in [1.807, 2.05) is 0 Å². The molecule has 0 fully saturated rings. The first kappa shape index (κ1) is 13.3. The second kappa shape index (κ2) is 6.07. The summed E-state index contributed by atoms with van der Waals surface area (Å²) in [4.78, 5) is 10.9. The summed E-state index contributed by atoms with van der Waals surface area (Å²) in [5, 5.41) is 29.6. The molecule has 1 rings (SSSR count). The van der Waals surface area contributed by atoms with Gasteiger partial charge in [0, 0.05) is 13.0 Å². The number of hydrogen-bond acceptors (Lipinski definition) is 5. The van der Waals surface area contributed by atoms with Gasteiger partial charge in [-0.05, 0) is 12.1 Å². The SMILES string of the molecule is CC(=O)Nc1ccc(O)cc1OCC(O)CO. The maximum atomic E-state index is 10.9. The molecular weight excluding hydrogens is 226 g/mol. The lowest BCUT2D eigenvalue weighted by molar-refractivity contribution is -0.114. The molecule has 1 amide bonds. The standard InChI is InChI=1S/C11H15NO5/c1-7(14)12-10-3-2-8(15)4-11(10)17-6-9(16)5-13/h2-4,9,13,15-16H,5-6H2,1H3,(H,12,14). The van der Waals surface area contributed by atoms with Crippen molar-refractivity contribution in [2.75, 3.05) is 18.5 Å². The van der Waals surface area contributed by atoms with E-state index in [2.05, 4.69) is 5.32 Å². The summed E-state index contributed by atoms with van der Waals surface area (Å²) < 4.78 is 5.19. The number of ether oxygens (including phenoxy) is 1. The fourth-order valence-corrected chi connectivity index (χ4v) is 1.16. The molecule has 1 aromatic rings. The van der Waals surface area contributed by atoms with Gasteiger partial charge in [-0.15, -0.1) is 0 Å². The second-order valence-corrected chi connectivity index (χ2v) is 3.51. The summed E-state index contributed by atoms with van der Waals surface area (Å²) >= 11 is 0. The van der Waals surface area contributed by atoms with Crippen molar-refractivity contribution in [2.45, 2.75) is 13.0 Å². The minimum absolute atomic E-state index is 0.0207. The molecule has 6 nitrogen and oxygen atoms in total. The fraction of sp³-hybridized carbons (Fsp3) is 0.364. The van der Waals surface area contributed by atoms with E-state index in [9.17, 15) is 9.90 Å². The van der Waals surface area contributed by atoms with Gasteiger partial charge in [-0.25, -0.2) is 0 Å². The molecule has 0 saturated carbocycles. The van der Waals surface area contributed by atoms with Crippen molar-refractivity contribution in [2.24, 2.45) is 0 Å². The Hall–Kier alpha value is -1.79. The van der Waals surface area contributed by atoms with Crippen LogP contribution in [0.15, 0.2) is 18.2 Å². The van der Waals surface area contributed by atoms with Crippen LogP contribution in [-0.2, 0) is 4.79 Å². The van der Waals surface area contributed by atoms with E-state index in [1.165, 1.54) is 25.1 Å². The van der Waals surface area contributed by atoms with Crippen molar-refractivity contribution in [3.63, 3.8) is 0 Å². The Morgan fingerprint density at radius 2 is 2.24 bits per heavy atom. The van der Waals surface area contributed by atoms with Gasteiger partial charge in [0.15, 0.2) is 0 Å². The van der Waals surface area contributed by atoms with Crippen LogP contribution in [0, 0.1) is 0 Å². The lowest BCUT2D eigenvalue weighted by Gasteiger charge is -2.14. The van der Waals surface area contributed by atoms with Crippen molar-refractivity contribution in [3.05, 3.63) is 18.2 Å². The normalized spacial score (nSPS) is 11.9. The zero-order valence-electron chi connectivity index (χ0n) is 9.38. The number of hydrogen-bond donors (Lipinski definition) is 4. The third kappa shape index (κ3) is 4.29. The molecule has 17 heavy (non-hydrogen) atoms. The Labute approximate surface area is 98.5 Å². The average molecular weight is 241 g/mol. The molecule has 0 radical (unpaired) electrons. The molecule has 1 atom stereocenters. The van der Waals surface area contributed by atoms with Crippen molar-refractivity contribution in [3.8, 4) is 11.5 Å². The van der Waals surface area contributed by atoms with Crippen molar-refractivity contribution < 1.29 is 24.9 Å². The van der Waals surface area contributed by atoms with Gasteiger partial charge >= 0.3 is 0 Å². The first-order valence-electron chi connectivity index (χ1n) is 5.05. The van der Waals surface area contributed by atoms with Crippen LogP contribution < -0.4 is 10.1 Å². The Morgan fingerprint density at radius 3 is 2.82 bits per heavy atom. The Balaban J connectivity index is 2.79. The lowest BCUT2D eigenvalue weighted by atomic mass is 10.2. The number of nitrogens with one attached hydrogen (secondary N) is 1. The molecule has 1 unspecified atom stereocenters. The molecule has 0 aliphatic rings. The van der Waals surface area contributed by atoms with Gasteiger partial charge in [-0.3, -0.25) is 4.79 Å².